The van der Waals surface area contributed by atoms with Gasteiger partial charge in [0, 0.05) is 29.2 Å². The molecule has 0 spiro atoms. The van der Waals surface area contributed by atoms with E-state index in [4.69, 9.17) is 11.6 Å². The molecule has 0 saturated carbocycles. The number of nitrogens with zero attached hydrogens (tertiary/aromatic N) is 1. The maximum Gasteiger partial charge on any atom is 0.211 e. The number of halogens is 1. The van der Waals surface area contributed by atoms with Crippen LogP contribution >= 0.6 is 11.6 Å². The molecule has 124 valence electrons. The predicted molar refractivity (Wildman–Crippen MR) is 97.7 cm³/mol. The van der Waals surface area contributed by atoms with Gasteiger partial charge in [0.05, 0.1) is 17.3 Å². The lowest BCUT2D eigenvalue weighted by Gasteiger charge is -2.39. The Bertz CT molecular complexity index is 1010. The Morgan fingerprint density at radius 3 is 2.54 bits per heavy atom. The summed E-state index contributed by atoms with van der Waals surface area (Å²) in [6.45, 7) is 0.598. The average molecular weight is 361 g/mol. The van der Waals surface area contributed by atoms with E-state index < -0.39 is 10.0 Å². The number of hydrogen-bond acceptors (Lipinski definition) is 2. The minimum absolute atomic E-state index is 0.0447. The van der Waals surface area contributed by atoms with E-state index in [2.05, 4.69) is 11.1 Å². The van der Waals surface area contributed by atoms with Crippen LogP contribution in [0.2, 0.25) is 5.02 Å². The highest BCUT2D eigenvalue weighted by molar-refractivity contribution is 7.88. The van der Waals surface area contributed by atoms with Crippen molar-refractivity contribution in [3.05, 3.63) is 59.2 Å². The van der Waals surface area contributed by atoms with Crippen LogP contribution < -0.4 is 0 Å². The zero-order valence-corrected chi connectivity index (χ0v) is 14.7. The first-order chi connectivity index (χ1) is 11.4. The molecule has 24 heavy (non-hydrogen) atoms. The molecule has 6 heteroatoms. The summed E-state index contributed by atoms with van der Waals surface area (Å²) in [7, 11) is -3.14. The lowest BCUT2D eigenvalue weighted by molar-refractivity contribution is 0.204. The molecule has 0 aliphatic carbocycles. The maximum absolute atomic E-state index is 11.7. The fourth-order valence-electron chi connectivity index (χ4n) is 3.27. The molecule has 3 aromatic rings. The molecule has 1 aliphatic heterocycles. The van der Waals surface area contributed by atoms with Gasteiger partial charge in [-0.2, -0.15) is 4.31 Å². The first-order valence-electron chi connectivity index (χ1n) is 7.77. The van der Waals surface area contributed by atoms with E-state index in [9.17, 15) is 8.42 Å². The van der Waals surface area contributed by atoms with E-state index in [1.807, 2.05) is 42.6 Å². The number of fused-ring (bicyclic) bond motifs is 1. The van der Waals surface area contributed by atoms with Crippen molar-refractivity contribution in [2.45, 2.75) is 12.5 Å². The molecule has 1 aliphatic rings. The molecular formula is C18H17ClN2O2S. The van der Waals surface area contributed by atoms with E-state index >= 15 is 0 Å². The molecular weight excluding hydrogens is 344 g/mol. The highest BCUT2D eigenvalue weighted by atomic mass is 35.5. The monoisotopic (exact) mass is 360 g/mol. The van der Waals surface area contributed by atoms with Crippen molar-refractivity contribution >= 4 is 32.5 Å². The summed E-state index contributed by atoms with van der Waals surface area (Å²) in [4.78, 5) is 3.15. The summed E-state index contributed by atoms with van der Waals surface area (Å²) in [6.07, 6.45) is 4.02. The second-order valence-electron chi connectivity index (χ2n) is 6.20. The SMILES string of the molecule is CS(=O)(=O)N1CCC1c1ccc(-c2cc3cc[nH]c3cc2Cl)cc1. The molecule has 2 heterocycles. The van der Waals surface area contributed by atoms with Gasteiger partial charge in [-0.1, -0.05) is 35.9 Å². The first kappa shape index (κ1) is 15.7. The number of H-pyrrole nitrogens is 1. The summed E-state index contributed by atoms with van der Waals surface area (Å²) in [5.41, 5.74) is 4.04. The average Bonchev–Trinajstić information content (AvgIpc) is 2.91. The molecule has 0 bridgehead atoms. The largest absolute Gasteiger partial charge is 0.361 e. The third-order valence-corrected chi connectivity index (χ3v) is 6.25. The second-order valence-corrected chi connectivity index (χ2v) is 8.54. The number of hydrogen-bond donors (Lipinski definition) is 1. The number of nitrogens with one attached hydrogen (secondary N) is 1. The van der Waals surface area contributed by atoms with E-state index in [0.717, 1.165) is 34.0 Å². The van der Waals surface area contributed by atoms with Gasteiger partial charge in [0.2, 0.25) is 10.0 Å². The van der Waals surface area contributed by atoms with Crippen molar-refractivity contribution in [3.8, 4) is 11.1 Å². The number of aromatic nitrogens is 1. The fraction of sp³-hybridized carbons (Fsp3) is 0.222. The Morgan fingerprint density at radius 2 is 1.92 bits per heavy atom. The highest BCUT2D eigenvalue weighted by Crippen LogP contribution is 2.37. The van der Waals surface area contributed by atoms with Crippen LogP contribution in [-0.4, -0.2) is 30.5 Å². The smallest absolute Gasteiger partial charge is 0.211 e. The summed E-state index contributed by atoms with van der Waals surface area (Å²) in [6, 6.07) is 14.0. The van der Waals surface area contributed by atoms with Crippen molar-refractivity contribution in [1.29, 1.82) is 0 Å². The fourth-order valence-corrected chi connectivity index (χ4v) is 4.67. The molecule has 1 aromatic heterocycles. The van der Waals surface area contributed by atoms with E-state index in [1.165, 1.54) is 6.26 Å². The number of aromatic amines is 1. The summed E-state index contributed by atoms with van der Waals surface area (Å²) in [5.74, 6) is 0. The van der Waals surface area contributed by atoms with Gasteiger partial charge in [-0.15, -0.1) is 0 Å². The quantitative estimate of drug-likeness (QED) is 0.761. The van der Waals surface area contributed by atoms with Crippen LogP contribution in [-0.2, 0) is 10.0 Å². The molecule has 2 aromatic carbocycles. The van der Waals surface area contributed by atoms with Crippen LogP contribution in [0, 0.1) is 0 Å². The van der Waals surface area contributed by atoms with Crippen molar-refractivity contribution in [1.82, 2.24) is 9.29 Å². The zero-order valence-electron chi connectivity index (χ0n) is 13.2. The second kappa shape index (κ2) is 5.62. The van der Waals surface area contributed by atoms with Crippen LogP contribution in [0.25, 0.3) is 22.0 Å². The van der Waals surface area contributed by atoms with Gasteiger partial charge in [0.1, 0.15) is 0 Å². The van der Waals surface area contributed by atoms with E-state index in [1.54, 1.807) is 4.31 Å². The molecule has 4 nitrogen and oxygen atoms in total. The first-order valence-corrected chi connectivity index (χ1v) is 10.00. The molecule has 1 unspecified atom stereocenters. The molecule has 0 radical (unpaired) electrons. The summed E-state index contributed by atoms with van der Waals surface area (Å²) < 4.78 is 25.0. The zero-order chi connectivity index (χ0) is 16.9. The standard InChI is InChI=1S/C18H17ClN2O2S/c1-24(22,23)21-9-7-18(21)13-4-2-12(3-5-13)15-10-14-6-8-20-17(14)11-16(15)19/h2-6,8,10-11,18,20H,7,9H2,1H3. The lowest BCUT2D eigenvalue weighted by Crippen LogP contribution is -2.44. The normalized spacial score (nSPS) is 18.7. The topological polar surface area (TPSA) is 53.2 Å². The van der Waals surface area contributed by atoms with Crippen LogP contribution in [0.4, 0.5) is 0 Å². The molecule has 1 fully saturated rings. The molecule has 4 rings (SSSR count). The van der Waals surface area contributed by atoms with Gasteiger partial charge in [0.15, 0.2) is 0 Å². The number of rotatable bonds is 3. The van der Waals surface area contributed by atoms with Gasteiger partial charge >= 0.3 is 0 Å². The van der Waals surface area contributed by atoms with Gasteiger partial charge in [0.25, 0.3) is 0 Å². The number of benzene rings is 2. The minimum Gasteiger partial charge on any atom is -0.361 e. The molecule has 1 atom stereocenters. The van der Waals surface area contributed by atoms with E-state index in [0.29, 0.717) is 11.6 Å². The van der Waals surface area contributed by atoms with Gasteiger partial charge in [-0.25, -0.2) is 8.42 Å². The summed E-state index contributed by atoms with van der Waals surface area (Å²) >= 11 is 6.41. The van der Waals surface area contributed by atoms with E-state index in [-0.39, 0.29) is 6.04 Å². The molecule has 0 amide bonds. The Balaban J connectivity index is 1.67. The third-order valence-electron chi connectivity index (χ3n) is 4.64. The van der Waals surface area contributed by atoms with Gasteiger partial charge in [-0.3, -0.25) is 0 Å². The van der Waals surface area contributed by atoms with Crippen LogP contribution in [0.5, 0.6) is 0 Å². The Labute approximate surface area is 146 Å². The Hall–Kier alpha value is -1.82. The van der Waals surface area contributed by atoms with Crippen LogP contribution in [0.1, 0.15) is 18.0 Å². The van der Waals surface area contributed by atoms with Gasteiger partial charge in [-0.05, 0) is 35.7 Å². The number of sulfonamides is 1. The van der Waals surface area contributed by atoms with Crippen molar-refractivity contribution < 1.29 is 8.42 Å². The maximum atomic E-state index is 11.7. The van der Waals surface area contributed by atoms with Crippen molar-refractivity contribution in [3.63, 3.8) is 0 Å². The molecule has 1 saturated heterocycles. The lowest BCUT2D eigenvalue weighted by atomic mass is 9.95. The third kappa shape index (κ3) is 2.62. The highest BCUT2D eigenvalue weighted by Gasteiger charge is 2.35. The summed E-state index contributed by atoms with van der Waals surface area (Å²) in [5, 5.41) is 1.81. The van der Waals surface area contributed by atoms with Gasteiger partial charge < -0.3 is 4.98 Å². The van der Waals surface area contributed by atoms with Crippen LogP contribution in [0.15, 0.2) is 48.7 Å². The van der Waals surface area contributed by atoms with Crippen LogP contribution in [0.3, 0.4) is 0 Å². The van der Waals surface area contributed by atoms with Crippen molar-refractivity contribution in [2.24, 2.45) is 0 Å². The minimum atomic E-state index is -3.14. The Kier molecular flexibility index (Phi) is 3.67. The van der Waals surface area contributed by atoms with Crippen molar-refractivity contribution in [2.75, 3.05) is 12.8 Å². The predicted octanol–water partition coefficient (Wildman–Crippen LogP) is 4.19. The Morgan fingerprint density at radius 1 is 1.17 bits per heavy atom. The molecule has 1 N–H and O–H groups in total.